The van der Waals surface area contributed by atoms with Crippen LogP contribution >= 0.6 is 0 Å². The Morgan fingerprint density at radius 1 is 0.558 bits per heavy atom. The van der Waals surface area contributed by atoms with E-state index in [-0.39, 0.29) is 6.71 Å². The fourth-order valence-corrected chi connectivity index (χ4v) is 8.20. The van der Waals surface area contributed by atoms with Crippen molar-refractivity contribution in [3.63, 3.8) is 0 Å². The van der Waals surface area contributed by atoms with E-state index in [1.807, 2.05) is 12.3 Å². The second-order valence-corrected chi connectivity index (χ2v) is 12.7. The van der Waals surface area contributed by atoms with Crippen LogP contribution in [0.25, 0.3) is 66.2 Å². The summed E-state index contributed by atoms with van der Waals surface area (Å²) in [6.45, 7) is 9.01. The normalized spacial score (nSPS) is 13.1. The lowest BCUT2D eigenvalue weighted by Gasteiger charge is -2.34. The largest absolute Gasteiger partial charge is 0.310 e. The molecule has 202 valence electrons. The molecule has 0 spiro atoms. The lowest BCUT2D eigenvalue weighted by atomic mass is 9.34. The van der Waals surface area contributed by atoms with E-state index in [0.29, 0.717) is 0 Å². The summed E-state index contributed by atoms with van der Waals surface area (Å²) in [4.78, 5) is 8.94. The van der Waals surface area contributed by atoms with Gasteiger partial charge in [-0.15, -0.1) is 0 Å². The average Bonchev–Trinajstić information content (AvgIpc) is 3.50. The van der Waals surface area contributed by atoms with E-state index in [2.05, 4.69) is 115 Å². The van der Waals surface area contributed by atoms with Gasteiger partial charge in [-0.25, -0.2) is 9.97 Å². The number of hydrogen-bond donors (Lipinski definition) is 0. The molecule has 0 saturated heterocycles. The number of nitrogens with zero attached hydrogens (tertiary/aromatic N) is 4. The molecule has 0 aliphatic carbocycles. The van der Waals surface area contributed by atoms with Gasteiger partial charge in [0.15, 0.2) is 0 Å². The van der Waals surface area contributed by atoms with Crippen LogP contribution in [0.3, 0.4) is 0 Å². The quantitative estimate of drug-likeness (QED) is 0.213. The number of aryl methyl sites for hydroxylation is 4. The van der Waals surface area contributed by atoms with Gasteiger partial charge in [0.25, 0.3) is 6.71 Å². The van der Waals surface area contributed by atoms with Crippen molar-refractivity contribution in [1.29, 1.82) is 0 Å². The van der Waals surface area contributed by atoms with Crippen LogP contribution in [0.1, 0.15) is 22.3 Å². The predicted molar refractivity (Wildman–Crippen MR) is 180 cm³/mol. The molecule has 2 aliphatic heterocycles. The van der Waals surface area contributed by atoms with Crippen LogP contribution in [-0.4, -0.2) is 25.8 Å². The maximum absolute atomic E-state index is 4.71. The molecule has 0 N–H and O–H groups in total. The van der Waals surface area contributed by atoms with Crippen molar-refractivity contribution in [1.82, 2.24) is 19.1 Å². The van der Waals surface area contributed by atoms with Crippen molar-refractivity contribution in [3.05, 3.63) is 114 Å². The van der Waals surface area contributed by atoms with Crippen LogP contribution in [0.2, 0.25) is 0 Å². The minimum atomic E-state index is 0.130. The Kier molecular flexibility index (Phi) is 4.25. The Balaban J connectivity index is 1.49. The first kappa shape index (κ1) is 23.4. The van der Waals surface area contributed by atoms with Crippen LogP contribution in [0.4, 0.5) is 0 Å². The average molecular weight is 550 g/mol. The first-order valence-electron chi connectivity index (χ1n) is 15.0. The fourth-order valence-electron chi connectivity index (χ4n) is 8.20. The van der Waals surface area contributed by atoms with Gasteiger partial charge in [-0.05, 0) is 98.7 Å². The number of aromatic nitrogens is 4. The van der Waals surface area contributed by atoms with E-state index < -0.39 is 0 Å². The van der Waals surface area contributed by atoms with Gasteiger partial charge in [0.2, 0.25) is 0 Å². The Hall–Kier alpha value is -5.16. The van der Waals surface area contributed by atoms with Gasteiger partial charge in [0, 0.05) is 55.7 Å². The van der Waals surface area contributed by atoms with E-state index in [4.69, 9.17) is 4.98 Å². The molecule has 43 heavy (non-hydrogen) atoms. The van der Waals surface area contributed by atoms with E-state index in [1.54, 1.807) is 6.33 Å². The highest BCUT2D eigenvalue weighted by Crippen LogP contribution is 2.41. The Bertz CT molecular complexity index is 2400. The molecular weight excluding hydrogens is 523 g/mol. The van der Waals surface area contributed by atoms with Crippen molar-refractivity contribution in [2.75, 3.05) is 0 Å². The minimum absolute atomic E-state index is 0.130. The minimum Gasteiger partial charge on any atom is -0.310 e. The highest BCUT2D eigenvalue weighted by atomic mass is 15.0. The summed E-state index contributed by atoms with van der Waals surface area (Å²) >= 11 is 0. The van der Waals surface area contributed by atoms with Gasteiger partial charge in [-0.1, -0.05) is 46.5 Å². The van der Waals surface area contributed by atoms with Gasteiger partial charge >= 0.3 is 0 Å². The van der Waals surface area contributed by atoms with Gasteiger partial charge in [0.1, 0.15) is 6.33 Å². The maximum atomic E-state index is 4.71. The van der Waals surface area contributed by atoms with E-state index in [9.17, 15) is 0 Å². The summed E-state index contributed by atoms with van der Waals surface area (Å²) in [5.74, 6) is 0. The molecule has 0 unspecified atom stereocenters. The molecule has 0 atom stereocenters. The summed E-state index contributed by atoms with van der Waals surface area (Å²) in [6.07, 6.45) is 3.49. The van der Waals surface area contributed by atoms with Crippen molar-refractivity contribution in [3.8, 4) is 22.6 Å². The molecule has 4 nitrogen and oxygen atoms in total. The molecule has 5 heteroatoms. The highest BCUT2D eigenvalue weighted by molar-refractivity contribution is 7.00. The lowest BCUT2D eigenvalue weighted by molar-refractivity contribution is 1.13. The van der Waals surface area contributed by atoms with Crippen molar-refractivity contribution in [2.45, 2.75) is 27.7 Å². The standard InChI is InChI=1S/C38H27BN4/c1-20-5-7-32-25(11-20)27-13-22(3)15-29-37(27)42(32)34-17-24(31-9-10-40-19-41-31)18-35-36(34)39(29)30-16-23(4)14-28-26-12-21(2)6-8-33(26)43(35)38(28)30/h5-19H,1-4H3. The van der Waals surface area contributed by atoms with Gasteiger partial charge in [-0.3, -0.25) is 0 Å². The third kappa shape index (κ3) is 2.87. The fraction of sp³-hybridized carbons (Fsp3) is 0.105. The molecule has 0 saturated carbocycles. The van der Waals surface area contributed by atoms with Crippen LogP contribution in [0.15, 0.2) is 91.4 Å². The van der Waals surface area contributed by atoms with Crippen LogP contribution in [0, 0.1) is 27.7 Å². The second kappa shape index (κ2) is 7.81. The summed E-state index contributed by atoms with van der Waals surface area (Å²) in [6, 6.07) is 30.2. The number of hydrogen-bond acceptors (Lipinski definition) is 2. The molecular formula is C38H27BN4. The number of fused-ring (bicyclic) bond motifs is 10. The zero-order chi connectivity index (χ0) is 28.7. The van der Waals surface area contributed by atoms with Crippen LogP contribution in [-0.2, 0) is 0 Å². The molecule has 0 fully saturated rings. The summed E-state index contributed by atoms with van der Waals surface area (Å²) in [5.41, 5.74) is 19.0. The lowest BCUT2D eigenvalue weighted by Crippen LogP contribution is -2.59. The highest BCUT2D eigenvalue weighted by Gasteiger charge is 2.41. The molecule has 5 aromatic carbocycles. The van der Waals surface area contributed by atoms with E-state index >= 15 is 0 Å². The van der Waals surface area contributed by atoms with E-state index in [0.717, 1.165) is 11.3 Å². The van der Waals surface area contributed by atoms with Gasteiger partial charge in [-0.2, -0.15) is 0 Å². The molecule has 2 aliphatic rings. The monoisotopic (exact) mass is 550 g/mol. The molecule has 0 bridgehead atoms. The van der Waals surface area contributed by atoms with Crippen molar-refractivity contribution < 1.29 is 0 Å². The zero-order valence-corrected chi connectivity index (χ0v) is 24.5. The summed E-state index contributed by atoms with van der Waals surface area (Å²) < 4.78 is 5.07. The topological polar surface area (TPSA) is 35.6 Å². The smallest absolute Gasteiger partial charge is 0.252 e. The summed E-state index contributed by atoms with van der Waals surface area (Å²) in [7, 11) is 0. The number of rotatable bonds is 1. The summed E-state index contributed by atoms with van der Waals surface area (Å²) in [5, 5.41) is 5.29. The van der Waals surface area contributed by atoms with Crippen molar-refractivity contribution in [2.24, 2.45) is 0 Å². The third-order valence-corrected chi connectivity index (χ3v) is 9.79. The van der Waals surface area contributed by atoms with Gasteiger partial charge in [0.05, 0.1) is 16.7 Å². The zero-order valence-electron chi connectivity index (χ0n) is 24.5. The molecule has 8 aromatic rings. The Morgan fingerprint density at radius 3 is 1.60 bits per heavy atom. The van der Waals surface area contributed by atoms with Crippen molar-refractivity contribution >= 4 is 66.7 Å². The van der Waals surface area contributed by atoms with Gasteiger partial charge < -0.3 is 9.13 Å². The van der Waals surface area contributed by atoms with Crippen LogP contribution < -0.4 is 16.4 Å². The second-order valence-electron chi connectivity index (χ2n) is 12.7. The molecule has 3 aromatic heterocycles. The SMILES string of the molecule is Cc1ccc2c(c1)c1cc(C)cc3c1n2-c1cc(-c2ccncn2)cc2c1B3c1cc(C)cc3c4cc(C)ccc4n-2c13. The Morgan fingerprint density at radius 2 is 1.09 bits per heavy atom. The molecule has 5 heterocycles. The van der Waals surface area contributed by atoms with Crippen LogP contribution in [0.5, 0.6) is 0 Å². The first-order valence-corrected chi connectivity index (χ1v) is 15.0. The van der Waals surface area contributed by atoms with E-state index in [1.165, 1.54) is 93.6 Å². The maximum Gasteiger partial charge on any atom is 0.252 e. The molecule has 10 rings (SSSR count). The first-order chi connectivity index (χ1) is 21.0. The number of benzene rings is 5. The molecule has 0 amide bonds. The predicted octanol–water partition coefficient (Wildman–Crippen LogP) is 6.71. The molecule has 0 radical (unpaired) electrons. The Labute approximate surface area is 249 Å². The third-order valence-electron chi connectivity index (χ3n) is 9.79.